The van der Waals surface area contributed by atoms with Gasteiger partial charge in [0.15, 0.2) is 0 Å². The van der Waals surface area contributed by atoms with Gasteiger partial charge in [0.25, 0.3) is 0 Å². The molecule has 20 heavy (non-hydrogen) atoms. The van der Waals surface area contributed by atoms with Gasteiger partial charge in [-0.25, -0.2) is 0 Å². The normalized spacial score (nSPS) is 14.4. The SMILES string of the molecule is CC(C)(C)c1cc(C[PH](O)(O)O)cc(C(C)(C)C)c1O. The first-order valence-electron chi connectivity index (χ1n) is 6.76. The van der Waals surface area contributed by atoms with E-state index in [9.17, 15) is 19.8 Å². The molecule has 0 unspecified atom stereocenters. The molecular weight excluding hydrogens is 275 g/mol. The minimum absolute atomic E-state index is 0.167. The van der Waals surface area contributed by atoms with Crippen LogP contribution in [0, 0.1) is 0 Å². The summed E-state index contributed by atoms with van der Waals surface area (Å²) in [6.07, 6.45) is -0.167. The van der Waals surface area contributed by atoms with Gasteiger partial charge < -0.3 is 0 Å². The van der Waals surface area contributed by atoms with Gasteiger partial charge in [0.05, 0.1) is 0 Å². The fourth-order valence-electron chi connectivity index (χ4n) is 2.21. The van der Waals surface area contributed by atoms with Crippen LogP contribution in [0.2, 0.25) is 0 Å². The number of rotatable bonds is 2. The summed E-state index contributed by atoms with van der Waals surface area (Å²) < 4.78 is 0. The van der Waals surface area contributed by atoms with Crippen LogP contribution in [-0.4, -0.2) is 19.8 Å². The first kappa shape index (κ1) is 17.4. The Balaban J connectivity index is 3.51. The van der Waals surface area contributed by atoms with Crippen molar-refractivity contribution in [3.8, 4) is 5.75 Å². The first-order valence-corrected chi connectivity index (χ1v) is 8.80. The van der Waals surface area contributed by atoms with Crippen molar-refractivity contribution in [2.75, 3.05) is 0 Å². The Morgan fingerprint density at radius 1 is 0.850 bits per heavy atom. The topological polar surface area (TPSA) is 80.9 Å². The van der Waals surface area contributed by atoms with Crippen LogP contribution >= 0.6 is 7.94 Å². The van der Waals surface area contributed by atoms with Crippen molar-refractivity contribution in [1.29, 1.82) is 0 Å². The number of aromatic hydroxyl groups is 1. The Hall–Kier alpha value is -0.670. The minimum atomic E-state index is -4.16. The van der Waals surface area contributed by atoms with Crippen molar-refractivity contribution in [2.45, 2.75) is 58.5 Å². The van der Waals surface area contributed by atoms with Crippen molar-refractivity contribution in [3.63, 3.8) is 0 Å². The Labute approximate surface area is 121 Å². The maximum atomic E-state index is 10.5. The molecule has 0 amide bonds. The molecule has 1 aromatic rings. The number of phenols is 1. The molecular formula is C15H27O4P. The van der Waals surface area contributed by atoms with E-state index in [2.05, 4.69) is 0 Å². The molecule has 0 bridgehead atoms. The average Bonchev–Trinajstić information content (AvgIpc) is 2.14. The van der Waals surface area contributed by atoms with Crippen LogP contribution in [0.1, 0.15) is 58.2 Å². The van der Waals surface area contributed by atoms with Crippen LogP contribution in [0.25, 0.3) is 0 Å². The fourth-order valence-corrected chi connectivity index (χ4v) is 2.97. The molecule has 1 rings (SSSR count). The predicted molar refractivity (Wildman–Crippen MR) is 84.2 cm³/mol. The molecule has 0 spiro atoms. The van der Waals surface area contributed by atoms with E-state index in [0.29, 0.717) is 5.56 Å². The molecule has 0 aliphatic rings. The molecule has 5 heteroatoms. The standard InChI is InChI=1S/C15H27O4P/c1-14(2,3)11-7-10(9-20(17,18)19)8-12(13(11)16)15(4,5)6/h7-8,16-20H,9H2,1-6H3. The molecule has 0 heterocycles. The first-order chi connectivity index (χ1) is 8.72. The molecule has 0 atom stereocenters. The van der Waals surface area contributed by atoms with Crippen LogP contribution in [0.4, 0.5) is 0 Å². The van der Waals surface area contributed by atoms with Crippen molar-refractivity contribution < 1.29 is 19.8 Å². The van der Waals surface area contributed by atoms with Gasteiger partial charge in [-0.2, -0.15) is 0 Å². The summed E-state index contributed by atoms with van der Waals surface area (Å²) in [7, 11) is -4.16. The third-order valence-corrected chi connectivity index (χ3v) is 4.11. The third kappa shape index (κ3) is 4.42. The maximum absolute atomic E-state index is 10.5. The zero-order chi connectivity index (χ0) is 15.9. The second kappa shape index (κ2) is 5.27. The van der Waals surface area contributed by atoms with Crippen molar-refractivity contribution in [3.05, 3.63) is 28.8 Å². The monoisotopic (exact) mass is 302 g/mol. The summed E-state index contributed by atoms with van der Waals surface area (Å²) in [5.41, 5.74) is 1.59. The molecule has 116 valence electrons. The van der Waals surface area contributed by atoms with Crippen LogP contribution < -0.4 is 0 Å². The summed E-state index contributed by atoms with van der Waals surface area (Å²) in [5, 5.41) is 10.5. The van der Waals surface area contributed by atoms with Crippen LogP contribution in [0.15, 0.2) is 12.1 Å². The van der Waals surface area contributed by atoms with E-state index < -0.39 is 7.94 Å². The Bertz CT molecular complexity index is 455. The average molecular weight is 302 g/mol. The Kier molecular flexibility index (Phi) is 4.58. The molecule has 0 aromatic heterocycles. The van der Waals surface area contributed by atoms with Gasteiger partial charge in [0, 0.05) is 0 Å². The van der Waals surface area contributed by atoms with Gasteiger partial charge in [-0.15, -0.1) is 0 Å². The van der Waals surface area contributed by atoms with E-state index >= 15 is 0 Å². The molecule has 0 fully saturated rings. The molecule has 0 saturated heterocycles. The summed E-state index contributed by atoms with van der Waals surface area (Å²) >= 11 is 0. The second-order valence-electron chi connectivity index (χ2n) is 7.49. The third-order valence-electron chi connectivity index (χ3n) is 3.23. The fraction of sp³-hybridized carbons (Fsp3) is 0.600. The zero-order valence-electron chi connectivity index (χ0n) is 13.2. The summed E-state index contributed by atoms with van der Waals surface area (Å²) in [5.74, 6) is 0.245. The molecule has 0 saturated carbocycles. The van der Waals surface area contributed by atoms with E-state index in [-0.39, 0.29) is 22.7 Å². The summed E-state index contributed by atoms with van der Waals surface area (Å²) in [6, 6.07) is 3.49. The molecule has 1 aromatic carbocycles. The van der Waals surface area contributed by atoms with Gasteiger partial charge in [-0.1, -0.05) is 0 Å². The van der Waals surface area contributed by atoms with Gasteiger partial charge in [0.2, 0.25) is 0 Å². The number of hydrogen-bond acceptors (Lipinski definition) is 4. The van der Waals surface area contributed by atoms with Gasteiger partial charge in [-0.3, -0.25) is 0 Å². The zero-order valence-corrected chi connectivity index (χ0v) is 14.2. The van der Waals surface area contributed by atoms with E-state index in [1.54, 1.807) is 12.1 Å². The van der Waals surface area contributed by atoms with E-state index in [1.165, 1.54) is 0 Å². The van der Waals surface area contributed by atoms with Gasteiger partial charge >= 0.3 is 121 Å². The Morgan fingerprint density at radius 3 is 1.45 bits per heavy atom. The Morgan fingerprint density at radius 2 is 1.20 bits per heavy atom. The van der Waals surface area contributed by atoms with Crippen LogP contribution in [0.3, 0.4) is 0 Å². The van der Waals surface area contributed by atoms with Crippen LogP contribution in [-0.2, 0) is 17.0 Å². The quantitative estimate of drug-likeness (QED) is 0.633. The van der Waals surface area contributed by atoms with E-state index in [0.717, 1.165) is 11.1 Å². The number of benzene rings is 1. The number of hydrogen-bond donors (Lipinski definition) is 4. The molecule has 0 aliphatic carbocycles. The van der Waals surface area contributed by atoms with Crippen molar-refractivity contribution in [2.24, 2.45) is 0 Å². The van der Waals surface area contributed by atoms with Gasteiger partial charge in [0.1, 0.15) is 0 Å². The molecule has 0 radical (unpaired) electrons. The van der Waals surface area contributed by atoms with Crippen LogP contribution in [0.5, 0.6) is 5.75 Å². The number of phenolic OH excluding ortho intramolecular Hbond substituents is 1. The second-order valence-corrected chi connectivity index (χ2v) is 9.39. The summed E-state index contributed by atoms with van der Waals surface area (Å²) in [4.78, 5) is 27.9. The molecule has 4 nitrogen and oxygen atoms in total. The molecule has 4 N–H and O–H groups in total. The molecule has 0 aliphatic heterocycles. The van der Waals surface area contributed by atoms with Crippen molar-refractivity contribution >= 4 is 7.94 Å². The van der Waals surface area contributed by atoms with E-state index in [4.69, 9.17) is 0 Å². The summed E-state index contributed by atoms with van der Waals surface area (Å²) in [6.45, 7) is 11.9. The predicted octanol–water partition coefficient (Wildman–Crippen LogP) is 2.96. The van der Waals surface area contributed by atoms with E-state index in [1.807, 2.05) is 41.5 Å². The van der Waals surface area contributed by atoms with Crippen molar-refractivity contribution in [1.82, 2.24) is 0 Å². The van der Waals surface area contributed by atoms with Gasteiger partial charge in [-0.05, 0) is 0 Å².